The monoisotopic (exact) mass is 296 g/mol. The van der Waals surface area contributed by atoms with Gasteiger partial charge in [-0.15, -0.1) is 0 Å². The minimum atomic E-state index is -3.49. The van der Waals surface area contributed by atoms with Crippen LogP contribution in [0.4, 0.5) is 0 Å². The summed E-state index contributed by atoms with van der Waals surface area (Å²) < 4.78 is 27.6. The summed E-state index contributed by atoms with van der Waals surface area (Å²) in [5.74, 6) is -0.654. The third kappa shape index (κ3) is 2.50. The van der Waals surface area contributed by atoms with Crippen molar-refractivity contribution in [3.63, 3.8) is 0 Å². The van der Waals surface area contributed by atoms with Crippen molar-refractivity contribution in [1.82, 2.24) is 0 Å². The minimum absolute atomic E-state index is 0.119. The van der Waals surface area contributed by atoms with Crippen molar-refractivity contribution in [2.24, 2.45) is 0 Å². The lowest BCUT2D eigenvalue weighted by molar-refractivity contribution is -0.156. The van der Waals surface area contributed by atoms with Gasteiger partial charge in [-0.25, -0.2) is 4.79 Å². The molecule has 0 aromatic carbocycles. The van der Waals surface area contributed by atoms with Gasteiger partial charge in [0, 0.05) is 7.11 Å². The molecule has 0 saturated heterocycles. The Hall–Kier alpha value is -0.350. The molecule has 2 unspecified atom stereocenters. The Labute approximate surface area is 112 Å². The van der Waals surface area contributed by atoms with E-state index >= 15 is 0 Å². The van der Waals surface area contributed by atoms with Crippen molar-refractivity contribution < 1.29 is 23.1 Å². The Morgan fingerprint density at radius 2 is 2.11 bits per heavy atom. The lowest BCUT2D eigenvalue weighted by Gasteiger charge is -2.22. The fourth-order valence-corrected chi connectivity index (χ4v) is 4.34. The van der Waals surface area contributed by atoms with Crippen molar-refractivity contribution in [2.75, 3.05) is 13.7 Å². The topological polar surface area (TPSA) is 61.8 Å². The zero-order chi connectivity index (χ0) is 14.0. The summed E-state index contributed by atoms with van der Waals surface area (Å²) in [4.78, 5) is 11.9. The highest BCUT2D eigenvalue weighted by atomic mass is 35.5. The average Bonchev–Trinajstić information content (AvgIpc) is 2.53. The van der Waals surface area contributed by atoms with Crippen molar-refractivity contribution in [1.29, 1.82) is 0 Å². The maximum absolute atomic E-state index is 12.4. The Balaban J connectivity index is 3.20. The molecule has 0 aromatic heterocycles. The molecule has 0 N–H and O–H groups in total. The number of hydrogen-bond acceptors (Lipinski definition) is 5. The molecule has 1 aliphatic rings. The maximum Gasteiger partial charge on any atom is 0.359 e. The van der Waals surface area contributed by atoms with Crippen LogP contribution in [0.1, 0.15) is 33.6 Å². The predicted molar refractivity (Wildman–Crippen MR) is 68.5 cm³/mol. The Kier molecular flexibility index (Phi) is 5.01. The van der Waals surface area contributed by atoms with Crippen LogP contribution in [0.15, 0.2) is 10.3 Å². The molecule has 0 bridgehead atoms. The van der Waals surface area contributed by atoms with Crippen molar-refractivity contribution in [2.45, 2.75) is 39.2 Å². The van der Waals surface area contributed by atoms with E-state index in [0.29, 0.717) is 11.7 Å². The van der Waals surface area contributed by atoms with Crippen molar-refractivity contribution in [3.8, 4) is 0 Å². The largest absolute Gasteiger partial charge is 0.464 e. The first kappa shape index (κ1) is 15.7. The van der Waals surface area contributed by atoms with Gasteiger partial charge in [0.15, 0.2) is 0 Å². The fourth-order valence-electron chi connectivity index (χ4n) is 1.76. The highest BCUT2D eigenvalue weighted by Gasteiger charge is 2.55. The molecule has 0 fully saturated rings. The second-order valence-corrected chi connectivity index (χ2v) is 6.50. The van der Waals surface area contributed by atoms with Crippen LogP contribution in [0, 0.1) is 0 Å². The summed E-state index contributed by atoms with van der Waals surface area (Å²) in [6.07, 6.45) is 1.18. The van der Waals surface area contributed by atoms with E-state index in [-0.39, 0.29) is 11.6 Å². The molecule has 0 amide bonds. The molecule has 0 aliphatic carbocycles. The number of carbonyl (C=O) groups excluding carboxylic acids is 1. The molecular weight excluding hydrogens is 279 g/mol. The molecule has 104 valence electrons. The molecule has 7 heteroatoms. The Morgan fingerprint density at radius 1 is 1.50 bits per heavy atom. The number of allylic oxidation sites excluding steroid dienone is 1. The molecule has 2 atom stereocenters. The summed E-state index contributed by atoms with van der Waals surface area (Å²) >= 11 is 6.16. The number of ether oxygens (including phenoxy) is 1. The van der Waals surface area contributed by atoms with Gasteiger partial charge in [0.2, 0.25) is 5.60 Å². The first-order valence-electron chi connectivity index (χ1n) is 5.79. The number of halogens is 1. The summed E-state index contributed by atoms with van der Waals surface area (Å²) in [5.41, 5.74) is -1.53. The smallest absolute Gasteiger partial charge is 0.359 e. The van der Waals surface area contributed by atoms with E-state index in [1.807, 2.05) is 6.92 Å². The van der Waals surface area contributed by atoms with Crippen LogP contribution in [0.5, 0.6) is 0 Å². The van der Waals surface area contributed by atoms with Gasteiger partial charge < -0.3 is 9.26 Å². The third-order valence-electron chi connectivity index (χ3n) is 2.70. The number of carbonyl (C=O) groups is 1. The molecule has 0 aromatic rings. The normalized spacial score (nSPS) is 31.8. The van der Waals surface area contributed by atoms with Crippen LogP contribution in [-0.2, 0) is 23.1 Å². The molecule has 1 rings (SSSR count). The predicted octanol–water partition coefficient (Wildman–Crippen LogP) is 3.43. The van der Waals surface area contributed by atoms with Gasteiger partial charge in [-0.2, -0.15) is 0 Å². The minimum Gasteiger partial charge on any atom is -0.464 e. The van der Waals surface area contributed by atoms with Crippen molar-refractivity contribution in [3.05, 3.63) is 10.3 Å². The van der Waals surface area contributed by atoms with E-state index in [9.17, 15) is 9.36 Å². The highest BCUT2D eigenvalue weighted by molar-refractivity contribution is 7.59. The molecule has 1 aliphatic heterocycles. The van der Waals surface area contributed by atoms with Gasteiger partial charge in [0.05, 0.1) is 17.0 Å². The second kappa shape index (κ2) is 5.74. The quantitative estimate of drug-likeness (QED) is 0.574. The molecule has 0 spiro atoms. The molecule has 18 heavy (non-hydrogen) atoms. The van der Waals surface area contributed by atoms with Gasteiger partial charge in [0.1, 0.15) is 0 Å². The molecule has 5 nitrogen and oxygen atoms in total. The van der Waals surface area contributed by atoms with Gasteiger partial charge in [-0.05, 0) is 20.3 Å². The number of hydrogen-bond donors (Lipinski definition) is 0. The van der Waals surface area contributed by atoms with E-state index in [0.717, 1.165) is 6.42 Å². The van der Waals surface area contributed by atoms with Crippen LogP contribution in [-0.4, -0.2) is 25.3 Å². The van der Waals surface area contributed by atoms with Crippen LogP contribution >= 0.6 is 19.2 Å². The van der Waals surface area contributed by atoms with Gasteiger partial charge in [0.25, 0.3) is 0 Å². The summed E-state index contributed by atoms with van der Waals surface area (Å²) in [6.45, 7) is 5.23. The first-order chi connectivity index (χ1) is 8.35. The maximum atomic E-state index is 12.4. The van der Waals surface area contributed by atoms with Crippen molar-refractivity contribution >= 4 is 25.2 Å². The Morgan fingerprint density at radius 3 is 2.56 bits per heavy atom. The SMILES string of the molecule is CCCC1=C(Cl)C(C)(C(=O)OCC)OP1(=O)OC. The van der Waals surface area contributed by atoms with Crippen LogP contribution < -0.4 is 0 Å². The molecule has 1 heterocycles. The van der Waals surface area contributed by atoms with Crippen LogP contribution in [0.3, 0.4) is 0 Å². The summed E-state index contributed by atoms with van der Waals surface area (Å²) in [6, 6.07) is 0. The van der Waals surface area contributed by atoms with Gasteiger partial charge in [-0.1, -0.05) is 24.9 Å². The van der Waals surface area contributed by atoms with Crippen LogP contribution in [0.2, 0.25) is 0 Å². The zero-order valence-corrected chi connectivity index (χ0v) is 12.6. The standard InChI is InChI=1S/C11H18ClO5P/c1-5-7-8-9(12)11(3,10(13)16-6-2)17-18(8,14)15-4/h5-7H2,1-4H3. The first-order valence-corrected chi connectivity index (χ1v) is 7.71. The Bertz CT molecular complexity index is 420. The lowest BCUT2D eigenvalue weighted by atomic mass is 10.1. The van der Waals surface area contributed by atoms with E-state index in [1.54, 1.807) is 6.92 Å². The van der Waals surface area contributed by atoms with E-state index < -0.39 is 19.2 Å². The third-order valence-corrected chi connectivity index (χ3v) is 5.61. The average molecular weight is 297 g/mol. The van der Waals surface area contributed by atoms with Gasteiger partial charge in [-0.3, -0.25) is 9.09 Å². The number of rotatable bonds is 5. The zero-order valence-electron chi connectivity index (χ0n) is 11.0. The second-order valence-electron chi connectivity index (χ2n) is 4.04. The summed E-state index contributed by atoms with van der Waals surface area (Å²) in [7, 11) is -2.21. The molecule has 0 radical (unpaired) electrons. The van der Waals surface area contributed by atoms with Gasteiger partial charge >= 0.3 is 13.6 Å². The summed E-state index contributed by atoms with van der Waals surface area (Å²) in [5, 5.41) is 0.484. The van der Waals surface area contributed by atoms with E-state index in [4.69, 9.17) is 25.4 Å². The fraction of sp³-hybridized carbons (Fsp3) is 0.727. The lowest BCUT2D eigenvalue weighted by Crippen LogP contribution is -2.37. The molecule has 0 saturated carbocycles. The van der Waals surface area contributed by atoms with E-state index in [2.05, 4.69) is 0 Å². The molecular formula is C11H18ClO5P. The highest BCUT2D eigenvalue weighted by Crippen LogP contribution is 2.68. The van der Waals surface area contributed by atoms with E-state index in [1.165, 1.54) is 14.0 Å². The number of esters is 1. The van der Waals surface area contributed by atoms with Crippen LogP contribution in [0.25, 0.3) is 0 Å².